The SMILES string of the molecule is CCN(CC(=O)N1CCc2sccc2[C@@H]1COc1cccc(F)c1)C(=O)Nc1cccc(Cl)c1. The van der Waals surface area contributed by atoms with E-state index < -0.39 is 0 Å². The molecule has 6 nitrogen and oxygen atoms in total. The molecule has 0 radical (unpaired) electrons. The fourth-order valence-corrected chi connectivity index (χ4v) is 5.08. The Kier molecular flexibility index (Phi) is 7.70. The largest absolute Gasteiger partial charge is 0.491 e. The highest BCUT2D eigenvalue weighted by Crippen LogP contribution is 2.34. The van der Waals surface area contributed by atoms with E-state index in [1.807, 2.05) is 18.4 Å². The van der Waals surface area contributed by atoms with Crippen molar-refractivity contribution in [2.75, 3.05) is 31.6 Å². The van der Waals surface area contributed by atoms with Crippen LogP contribution in [0.3, 0.4) is 0 Å². The minimum absolute atomic E-state index is 0.0706. The summed E-state index contributed by atoms with van der Waals surface area (Å²) < 4.78 is 19.4. The number of hydrogen-bond donors (Lipinski definition) is 1. The van der Waals surface area contributed by atoms with Gasteiger partial charge < -0.3 is 19.9 Å². The van der Waals surface area contributed by atoms with Crippen LogP contribution in [0.2, 0.25) is 5.02 Å². The van der Waals surface area contributed by atoms with E-state index in [1.54, 1.807) is 52.6 Å². The van der Waals surface area contributed by atoms with Crippen molar-refractivity contribution in [3.8, 4) is 5.75 Å². The number of anilines is 1. The highest BCUT2D eigenvalue weighted by molar-refractivity contribution is 7.10. The number of nitrogens with zero attached hydrogens (tertiary/aromatic N) is 2. The first-order chi connectivity index (χ1) is 16.4. The van der Waals surface area contributed by atoms with Gasteiger partial charge in [-0.3, -0.25) is 4.79 Å². The van der Waals surface area contributed by atoms with Gasteiger partial charge in [0.15, 0.2) is 0 Å². The van der Waals surface area contributed by atoms with E-state index in [0.29, 0.717) is 29.5 Å². The molecular weight excluding hydrogens is 477 g/mol. The first-order valence-electron chi connectivity index (χ1n) is 11.0. The van der Waals surface area contributed by atoms with Gasteiger partial charge in [-0.25, -0.2) is 9.18 Å². The molecule has 1 N–H and O–H groups in total. The van der Waals surface area contributed by atoms with Gasteiger partial charge in [-0.1, -0.05) is 23.7 Å². The zero-order valence-corrected chi connectivity index (χ0v) is 20.2. The van der Waals surface area contributed by atoms with Crippen LogP contribution in [0.15, 0.2) is 60.0 Å². The molecule has 9 heteroatoms. The van der Waals surface area contributed by atoms with Gasteiger partial charge in [0, 0.05) is 34.7 Å². The molecule has 1 atom stereocenters. The summed E-state index contributed by atoms with van der Waals surface area (Å²) in [7, 11) is 0. The second-order valence-corrected chi connectivity index (χ2v) is 9.31. The number of urea groups is 1. The summed E-state index contributed by atoms with van der Waals surface area (Å²) in [6, 6.07) is 14.1. The predicted octanol–water partition coefficient (Wildman–Crippen LogP) is 5.60. The first kappa shape index (κ1) is 24.0. The molecule has 4 rings (SSSR count). The van der Waals surface area contributed by atoms with E-state index >= 15 is 0 Å². The lowest BCUT2D eigenvalue weighted by Gasteiger charge is -2.37. The van der Waals surface area contributed by atoms with Crippen molar-refractivity contribution in [3.05, 3.63) is 81.3 Å². The minimum atomic E-state index is -0.380. The number of ether oxygens (including phenoxy) is 1. The highest BCUT2D eigenvalue weighted by Gasteiger charge is 2.33. The summed E-state index contributed by atoms with van der Waals surface area (Å²) in [5.74, 6) is -0.145. The first-order valence-corrected chi connectivity index (χ1v) is 12.3. The number of carbonyl (C=O) groups excluding carboxylic acids is 2. The van der Waals surface area contributed by atoms with Crippen LogP contribution in [0, 0.1) is 5.82 Å². The lowest BCUT2D eigenvalue weighted by Crippen LogP contribution is -2.48. The van der Waals surface area contributed by atoms with E-state index in [2.05, 4.69) is 5.32 Å². The van der Waals surface area contributed by atoms with Crippen molar-refractivity contribution in [3.63, 3.8) is 0 Å². The monoisotopic (exact) mass is 501 g/mol. The van der Waals surface area contributed by atoms with Crippen LogP contribution in [-0.2, 0) is 11.2 Å². The van der Waals surface area contributed by atoms with Gasteiger partial charge in [-0.05, 0) is 60.7 Å². The Balaban J connectivity index is 1.46. The van der Waals surface area contributed by atoms with Crippen molar-refractivity contribution < 1.29 is 18.7 Å². The van der Waals surface area contributed by atoms with Crippen LogP contribution in [0.5, 0.6) is 5.75 Å². The summed E-state index contributed by atoms with van der Waals surface area (Å²) in [5, 5.41) is 5.31. The summed E-state index contributed by atoms with van der Waals surface area (Å²) in [6.07, 6.45) is 0.746. The Morgan fingerprint density at radius 1 is 1.24 bits per heavy atom. The zero-order chi connectivity index (χ0) is 24.1. The molecule has 0 spiro atoms. The van der Waals surface area contributed by atoms with E-state index in [1.165, 1.54) is 21.9 Å². The molecule has 34 heavy (non-hydrogen) atoms. The van der Waals surface area contributed by atoms with Gasteiger partial charge in [0.05, 0.1) is 6.04 Å². The number of thiophene rings is 1. The molecule has 0 aliphatic carbocycles. The number of carbonyl (C=O) groups is 2. The van der Waals surface area contributed by atoms with Crippen LogP contribution in [0.1, 0.15) is 23.4 Å². The summed E-state index contributed by atoms with van der Waals surface area (Å²) in [4.78, 5) is 30.6. The van der Waals surface area contributed by atoms with E-state index in [4.69, 9.17) is 16.3 Å². The molecule has 178 valence electrons. The fraction of sp³-hybridized carbons (Fsp3) is 0.280. The standard InChI is InChI=1S/C25H25ClFN3O3S/c1-2-29(25(32)28-19-7-3-5-17(26)13-19)15-24(31)30-11-9-23-21(10-12-34-23)22(30)16-33-20-8-4-6-18(27)14-20/h3-8,10,12-14,22H,2,9,11,15-16H2,1H3,(H,28,32)/t22-/m0/s1. The summed E-state index contributed by atoms with van der Waals surface area (Å²) in [5.41, 5.74) is 1.60. The van der Waals surface area contributed by atoms with Crippen molar-refractivity contribution >= 4 is 40.6 Å². The van der Waals surface area contributed by atoms with Gasteiger partial charge in [0.1, 0.15) is 24.7 Å². The third kappa shape index (κ3) is 5.69. The summed E-state index contributed by atoms with van der Waals surface area (Å²) in [6.45, 7) is 2.83. The molecule has 0 unspecified atom stereocenters. The Morgan fingerprint density at radius 3 is 2.82 bits per heavy atom. The number of fused-ring (bicyclic) bond motifs is 1. The Hall–Kier alpha value is -3.10. The Labute approximate surface area is 206 Å². The van der Waals surface area contributed by atoms with Crippen LogP contribution in [0.25, 0.3) is 0 Å². The van der Waals surface area contributed by atoms with Crippen molar-refractivity contribution in [1.82, 2.24) is 9.80 Å². The predicted molar refractivity (Wildman–Crippen MR) is 132 cm³/mol. The maximum atomic E-state index is 13.6. The van der Waals surface area contributed by atoms with Crippen LogP contribution in [0.4, 0.5) is 14.9 Å². The Morgan fingerprint density at radius 2 is 2.06 bits per heavy atom. The van der Waals surface area contributed by atoms with Gasteiger partial charge >= 0.3 is 6.03 Å². The van der Waals surface area contributed by atoms with Crippen molar-refractivity contribution in [1.29, 1.82) is 0 Å². The fourth-order valence-electron chi connectivity index (χ4n) is 3.96. The number of rotatable bonds is 7. The number of hydrogen-bond acceptors (Lipinski definition) is 4. The average molecular weight is 502 g/mol. The van der Waals surface area contributed by atoms with Gasteiger partial charge in [-0.2, -0.15) is 0 Å². The van der Waals surface area contributed by atoms with Gasteiger partial charge in [0.25, 0.3) is 0 Å². The van der Waals surface area contributed by atoms with Crippen LogP contribution >= 0.6 is 22.9 Å². The molecule has 0 bridgehead atoms. The minimum Gasteiger partial charge on any atom is -0.491 e. The molecule has 0 saturated carbocycles. The molecule has 1 aliphatic rings. The molecule has 2 aromatic carbocycles. The highest BCUT2D eigenvalue weighted by atomic mass is 35.5. The third-order valence-electron chi connectivity index (χ3n) is 5.69. The molecule has 3 aromatic rings. The second kappa shape index (κ2) is 10.9. The lowest BCUT2D eigenvalue weighted by molar-refractivity contribution is -0.135. The molecular formula is C25H25ClFN3O3S. The quantitative estimate of drug-likeness (QED) is 0.458. The van der Waals surface area contributed by atoms with E-state index in [9.17, 15) is 14.0 Å². The summed E-state index contributed by atoms with van der Waals surface area (Å²) >= 11 is 7.65. The Bertz CT molecular complexity index is 1170. The van der Waals surface area contributed by atoms with Crippen LogP contribution < -0.4 is 10.1 Å². The smallest absolute Gasteiger partial charge is 0.322 e. The van der Waals surface area contributed by atoms with Crippen LogP contribution in [-0.4, -0.2) is 48.0 Å². The lowest BCUT2D eigenvalue weighted by atomic mass is 10.0. The molecule has 3 amide bonds. The van der Waals surface area contributed by atoms with Gasteiger partial charge in [0.2, 0.25) is 5.91 Å². The molecule has 0 saturated heterocycles. The normalized spacial score (nSPS) is 14.9. The number of amides is 3. The maximum Gasteiger partial charge on any atom is 0.322 e. The van der Waals surface area contributed by atoms with E-state index in [-0.39, 0.29) is 36.9 Å². The molecule has 0 fully saturated rings. The third-order valence-corrected chi connectivity index (χ3v) is 6.92. The molecule has 1 aromatic heterocycles. The van der Waals surface area contributed by atoms with E-state index in [0.717, 1.165) is 12.0 Å². The number of halogens is 2. The topological polar surface area (TPSA) is 61.9 Å². The molecule has 2 heterocycles. The zero-order valence-electron chi connectivity index (χ0n) is 18.7. The average Bonchev–Trinajstić information content (AvgIpc) is 3.30. The number of likely N-dealkylation sites (N-methyl/N-ethyl adjacent to an activating group) is 1. The second-order valence-electron chi connectivity index (χ2n) is 7.88. The van der Waals surface area contributed by atoms with Crippen molar-refractivity contribution in [2.24, 2.45) is 0 Å². The number of benzene rings is 2. The number of nitrogens with one attached hydrogen (secondary N) is 1. The molecule has 1 aliphatic heterocycles. The van der Waals surface area contributed by atoms with Crippen molar-refractivity contribution in [2.45, 2.75) is 19.4 Å². The maximum absolute atomic E-state index is 13.6. The van der Waals surface area contributed by atoms with Gasteiger partial charge in [-0.15, -0.1) is 11.3 Å².